The van der Waals surface area contributed by atoms with Crippen LogP contribution in [-0.4, -0.2) is 14.2 Å². The van der Waals surface area contributed by atoms with E-state index in [0.717, 1.165) is 11.1 Å². The van der Waals surface area contributed by atoms with Gasteiger partial charge in [-0.3, -0.25) is 0 Å². The highest BCUT2D eigenvalue weighted by molar-refractivity contribution is 5.33. The first-order chi connectivity index (χ1) is 7.10. The van der Waals surface area contributed by atoms with Crippen molar-refractivity contribution in [3.05, 3.63) is 41.7 Å². The summed E-state index contributed by atoms with van der Waals surface area (Å²) in [5, 5.41) is 3.08. The lowest BCUT2D eigenvalue weighted by molar-refractivity contribution is 0.386. The quantitative estimate of drug-likeness (QED) is 0.770. The maximum absolute atomic E-state index is 13.4. The Kier molecular flexibility index (Phi) is 3.86. The number of rotatable bonds is 4. The van der Waals surface area contributed by atoms with Gasteiger partial charge < -0.3 is 10.1 Å². The summed E-state index contributed by atoms with van der Waals surface area (Å²) in [6.45, 7) is 5.76. The van der Waals surface area contributed by atoms with Gasteiger partial charge in [0.1, 0.15) is 0 Å². The van der Waals surface area contributed by atoms with Crippen molar-refractivity contribution in [3.63, 3.8) is 0 Å². The summed E-state index contributed by atoms with van der Waals surface area (Å²) in [6, 6.07) is 4.90. The molecule has 2 nitrogen and oxygen atoms in total. The maximum atomic E-state index is 13.4. The van der Waals surface area contributed by atoms with Crippen LogP contribution in [0.4, 0.5) is 4.39 Å². The standard InChI is InChI=1S/C12H16FNO/c1-8(2)12(14-3)9-5-6-11(15-4)10(13)7-9/h5-7,12,14H,1H2,2-4H3. The van der Waals surface area contributed by atoms with Gasteiger partial charge in [0.05, 0.1) is 13.2 Å². The summed E-state index contributed by atoms with van der Waals surface area (Å²) in [5.74, 6) is -0.0909. The molecule has 0 aliphatic heterocycles. The van der Waals surface area contributed by atoms with E-state index in [0.29, 0.717) is 0 Å². The molecule has 0 aliphatic carbocycles. The Morgan fingerprint density at radius 3 is 2.60 bits per heavy atom. The van der Waals surface area contributed by atoms with Crippen LogP contribution in [0.25, 0.3) is 0 Å². The molecule has 0 bridgehead atoms. The Morgan fingerprint density at radius 1 is 1.53 bits per heavy atom. The Bertz CT molecular complexity index is 363. The zero-order valence-corrected chi connectivity index (χ0v) is 9.30. The molecular formula is C12H16FNO. The SMILES string of the molecule is C=C(C)C(NC)c1ccc(OC)c(F)c1. The normalized spacial score (nSPS) is 12.3. The predicted octanol–water partition coefficient (Wildman–Crippen LogP) is 2.67. The zero-order valence-electron chi connectivity index (χ0n) is 9.30. The van der Waals surface area contributed by atoms with E-state index in [1.54, 1.807) is 6.07 Å². The predicted molar refractivity (Wildman–Crippen MR) is 59.6 cm³/mol. The molecule has 1 aromatic carbocycles. The van der Waals surface area contributed by atoms with Crippen LogP contribution in [0.1, 0.15) is 18.5 Å². The van der Waals surface area contributed by atoms with E-state index in [-0.39, 0.29) is 17.6 Å². The van der Waals surface area contributed by atoms with Gasteiger partial charge in [-0.15, -0.1) is 0 Å². The molecule has 1 unspecified atom stereocenters. The van der Waals surface area contributed by atoms with Crippen molar-refractivity contribution in [3.8, 4) is 5.75 Å². The number of hydrogen-bond donors (Lipinski definition) is 1. The Hall–Kier alpha value is -1.35. The number of hydrogen-bond acceptors (Lipinski definition) is 2. The third-order valence-electron chi connectivity index (χ3n) is 2.29. The zero-order chi connectivity index (χ0) is 11.4. The average molecular weight is 209 g/mol. The minimum Gasteiger partial charge on any atom is -0.494 e. The van der Waals surface area contributed by atoms with Gasteiger partial charge in [0, 0.05) is 0 Å². The second-order valence-corrected chi connectivity index (χ2v) is 3.46. The molecule has 15 heavy (non-hydrogen) atoms. The van der Waals surface area contributed by atoms with E-state index in [9.17, 15) is 4.39 Å². The molecule has 3 heteroatoms. The number of nitrogens with one attached hydrogen (secondary N) is 1. The van der Waals surface area contributed by atoms with Crippen LogP contribution >= 0.6 is 0 Å². The fraction of sp³-hybridized carbons (Fsp3) is 0.333. The smallest absolute Gasteiger partial charge is 0.165 e. The van der Waals surface area contributed by atoms with Crippen LogP contribution in [0.15, 0.2) is 30.4 Å². The molecule has 0 spiro atoms. The number of halogens is 1. The summed E-state index contributed by atoms with van der Waals surface area (Å²) in [4.78, 5) is 0. The summed E-state index contributed by atoms with van der Waals surface area (Å²) >= 11 is 0. The van der Waals surface area contributed by atoms with Gasteiger partial charge in [0.15, 0.2) is 11.6 Å². The lowest BCUT2D eigenvalue weighted by Crippen LogP contribution is -2.17. The molecule has 0 fully saturated rings. The van der Waals surface area contributed by atoms with Crippen molar-refractivity contribution in [2.24, 2.45) is 0 Å². The van der Waals surface area contributed by atoms with E-state index < -0.39 is 0 Å². The van der Waals surface area contributed by atoms with Gasteiger partial charge in [0.2, 0.25) is 0 Å². The third-order valence-corrected chi connectivity index (χ3v) is 2.29. The molecule has 1 atom stereocenters. The van der Waals surface area contributed by atoms with E-state index in [1.165, 1.54) is 13.2 Å². The van der Waals surface area contributed by atoms with Gasteiger partial charge in [-0.2, -0.15) is 0 Å². The molecule has 0 amide bonds. The van der Waals surface area contributed by atoms with Gasteiger partial charge in [0.25, 0.3) is 0 Å². The molecular weight excluding hydrogens is 193 g/mol. The van der Waals surface area contributed by atoms with Crippen molar-refractivity contribution in [2.45, 2.75) is 13.0 Å². The Labute approximate surface area is 89.8 Å². The molecule has 0 radical (unpaired) electrons. The molecule has 82 valence electrons. The van der Waals surface area contributed by atoms with Crippen molar-refractivity contribution < 1.29 is 9.13 Å². The topological polar surface area (TPSA) is 21.3 Å². The molecule has 0 saturated heterocycles. The van der Waals surface area contributed by atoms with E-state index in [2.05, 4.69) is 11.9 Å². The molecule has 0 saturated carbocycles. The van der Waals surface area contributed by atoms with E-state index >= 15 is 0 Å². The summed E-state index contributed by atoms with van der Waals surface area (Å²) in [7, 11) is 3.27. The Morgan fingerprint density at radius 2 is 2.20 bits per heavy atom. The third kappa shape index (κ3) is 2.57. The first-order valence-electron chi connectivity index (χ1n) is 4.76. The van der Waals surface area contributed by atoms with Crippen LogP contribution < -0.4 is 10.1 Å². The molecule has 0 heterocycles. The Balaban J connectivity index is 3.05. The van der Waals surface area contributed by atoms with Crippen LogP contribution in [0.2, 0.25) is 0 Å². The second kappa shape index (κ2) is 4.94. The van der Waals surface area contributed by atoms with Crippen LogP contribution in [0.3, 0.4) is 0 Å². The summed E-state index contributed by atoms with van der Waals surface area (Å²) in [6.07, 6.45) is 0. The lowest BCUT2D eigenvalue weighted by atomic mass is 10.0. The summed E-state index contributed by atoms with van der Waals surface area (Å²) in [5.41, 5.74) is 1.80. The minimum atomic E-state index is -0.350. The van der Waals surface area contributed by atoms with Crippen molar-refractivity contribution in [1.29, 1.82) is 0 Å². The fourth-order valence-electron chi connectivity index (χ4n) is 1.56. The monoisotopic (exact) mass is 209 g/mol. The van der Waals surface area contributed by atoms with Crippen LogP contribution in [0, 0.1) is 5.82 Å². The number of benzene rings is 1. The largest absolute Gasteiger partial charge is 0.494 e. The lowest BCUT2D eigenvalue weighted by Gasteiger charge is -2.17. The second-order valence-electron chi connectivity index (χ2n) is 3.46. The number of methoxy groups -OCH3 is 1. The first-order valence-corrected chi connectivity index (χ1v) is 4.76. The fourth-order valence-corrected chi connectivity index (χ4v) is 1.56. The van der Waals surface area contributed by atoms with Crippen molar-refractivity contribution >= 4 is 0 Å². The highest BCUT2D eigenvalue weighted by atomic mass is 19.1. The van der Waals surface area contributed by atoms with Gasteiger partial charge >= 0.3 is 0 Å². The molecule has 0 aliphatic rings. The van der Waals surface area contributed by atoms with Crippen molar-refractivity contribution in [2.75, 3.05) is 14.2 Å². The van der Waals surface area contributed by atoms with Crippen LogP contribution in [0.5, 0.6) is 5.75 Å². The van der Waals surface area contributed by atoms with Gasteiger partial charge in [-0.25, -0.2) is 4.39 Å². The maximum Gasteiger partial charge on any atom is 0.165 e. The van der Waals surface area contributed by atoms with Crippen molar-refractivity contribution in [1.82, 2.24) is 5.32 Å². The molecule has 0 aromatic heterocycles. The van der Waals surface area contributed by atoms with E-state index in [1.807, 2.05) is 20.0 Å². The molecule has 1 N–H and O–H groups in total. The van der Waals surface area contributed by atoms with Crippen LogP contribution in [-0.2, 0) is 0 Å². The first kappa shape index (κ1) is 11.7. The number of likely N-dealkylation sites (N-methyl/N-ethyl adjacent to an activating group) is 1. The highest BCUT2D eigenvalue weighted by Gasteiger charge is 2.12. The number of ether oxygens (including phenoxy) is 1. The molecule has 1 rings (SSSR count). The average Bonchev–Trinajstić information content (AvgIpc) is 2.18. The van der Waals surface area contributed by atoms with E-state index in [4.69, 9.17) is 4.74 Å². The van der Waals surface area contributed by atoms with Gasteiger partial charge in [-0.1, -0.05) is 18.2 Å². The summed E-state index contributed by atoms with van der Waals surface area (Å²) < 4.78 is 18.3. The highest BCUT2D eigenvalue weighted by Crippen LogP contribution is 2.24. The van der Waals surface area contributed by atoms with Gasteiger partial charge in [-0.05, 0) is 31.7 Å². The minimum absolute atomic E-state index is 0.0228. The molecule has 1 aromatic rings.